The van der Waals surface area contributed by atoms with Crippen molar-refractivity contribution in [3.8, 4) is 5.88 Å². The number of nitrogens with one attached hydrogen (secondary N) is 1. The Balaban J connectivity index is 0.00000484. The van der Waals surface area contributed by atoms with Crippen LogP contribution in [0.5, 0.6) is 5.88 Å². The number of nitrogens with two attached hydrogens (primary N) is 1. The molecule has 0 aliphatic carbocycles. The average Bonchev–Trinajstić information content (AvgIpc) is 2.44. The Hall–Kier alpha value is -1.54. The minimum Gasteiger partial charge on any atom is -0.468 e. The maximum Gasteiger partial charge on any atom is 0.422 e. The first-order valence-corrected chi connectivity index (χ1v) is 6.75. The predicted molar refractivity (Wildman–Crippen MR) is 82.8 cm³/mol. The van der Waals surface area contributed by atoms with E-state index in [2.05, 4.69) is 15.0 Å². The second-order valence-corrected chi connectivity index (χ2v) is 5.52. The van der Waals surface area contributed by atoms with Crippen LogP contribution < -0.4 is 15.8 Å². The largest absolute Gasteiger partial charge is 0.468 e. The summed E-state index contributed by atoms with van der Waals surface area (Å²) in [6.45, 7) is 4.52. The highest BCUT2D eigenvalue weighted by Gasteiger charge is 2.30. The first kappa shape index (κ1) is 21.5. The van der Waals surface area contributed by atoms with Crippen LogP contribution in [0.15, 0.2) is 18.3 Å². The molecular weight excluding hydrogens is 335 g/mol. The number of carbonyl (C=O) groups is 1. The summed E-state index contributed by atoms with van der Waals surface area (Å²) in [5, 5.41) is 2.81. The summed E-state index contributed by atoms with van der Waals surface area (Å²) < 4.78 is 40.5. The lowest BCUT2D eigenvalue weighted by molar-refractivity contribution is -0.154. The van der Waals surface area contributed by atoms with Crippen LogP contribution in [0.3, 0.4) is 0 Å². The van der Waals surface area contributed by atoms with Gasteiger partial charge in [0.05, 0.1) is 11.1 Å². The minimum atomic E-state index is -4.43. The van der Waals surface area contributed by atoms with Gasteiger partial charge in [0.25, 0.3) is 5.91 Å². The molecule has 0 saturated heterocycles. The Labute approximate surface area is 139 Å². The number of aromatic nitrogens is 1. The number of hydrogen-bond acceptors (Lipinski definition) is 4. The van der Waals surface area contributed by atoms with E-state index in [1.54, 1.807) is 0 Å². The standard InChI is InChI=1S/C14H20F3N3O2.ClH/c1-9(2)13(3,7-18)20-12(21)10-4-5-11(19-6-10)22-8-14(15,16)17;/h4-6,9H,7-8,18H2,1-3H3,(H,20,21);1H. The number of alkyl halides is 3. The Morgan fingerprint density at radius 1 is 1.39 bits per heavy atom. The fourth-order valence-corrected chi connectivity index (χ4v) is 1.52. The molecule has 23 heavy (non-hydrogen) atoms. The van der Waals surface area contributed by atoms with E-state index in [9.17, 15) is 18.0 Å². The van der Waals surface area contributed by atoms with Crippen LogP contribution in [0.2, 0.25) is 0 Å². The molecule has 3 N–H and O–H groups in total. The van der Waals surface area contributed by atoms with Crippen LogP contribution in [-0.2, 0) is 0 Å². The van der Waals surface area contributed by atoms with Crippen molar-refractivity contribution in [3.63, 3.8) is 0 Å². The zero-order valence-electron chi connectivity index (χ0n) is 13.1. The summed E-state index contributed by atoms with van der Waals surface area (Å²) in [7, 11) is 0. The predicted octanol–water partition coefficient (Wildman–Crippen LogP) is 2.55. The first-order chi connectivity index (χ1) is 10.1. The fraction of sp³-hybridized carbons (Fsp3) is 0.571. The van der Waals surface area contributed by atoms with E-state index in [1.165, 1.54) is 12.1 Å². The Morgan fingerprint density at radius 3 is 2.39 bits per heavy atom. The van der Waals surface area contributed by atoms with Gasteiger partial charge in [-0.1, -0.05) is 13.8 Å². The van der Waals surface area contributed by atoms with Gasteiger partial charge in [-0.3, -0.25) is 4.79 Å². The molecule has 132 valence electrons. The van der Waals surface area contributed by atoms with Gasteiger partial charge in [0.1, 0.15) is 0 Å². The number of ether oxygens (including phenoxy) is 1. The SMILES string of the molecule is CC(C)C(C)(CN)NC(=O)c1ccc(OCC(F)(F)F)nc1.Cl. The van der Waals surface area contributed by atoms with E-state index in [4.69, 9.17) is 5.73 Å². The lowest BCUT2D eigenvalue weighted by atomic mass is 9.88. The van der Waals surface area contributed by atoms with Crippen molar-refractivity contribution in [2.75, 3.05) is 13.2 Å². The lowest BCUT2D eigenvalue weighted by Gasteiger charge is -2.33. The summed E-state index contributed by atoms with van der Waals surface area (Å²) in [5.74, 6) is -0.473. The number of nitrogens with zero attached hydrogens (tertiary/aromatic N) is 1. The lowest BCUT2D eigenvalue weighted by Crippen LogP contribution is -2.55. The zero-order chi connectivity index (χ0) is 17.0. The van der Waals surface area contributed by atoms with Gasteiger partial charge >= 0.3 is 6.18 Å². The summed E-state index contributed by atoms with van der Waals surface area (Å²) in [4.78, 5) is 15.8. The highest BCUT2D eigenvalue weighted by Crippen LogP contribution is 2.18. The average molecular weight is 356 g/mol. The summed E-state index contributed by atoms with van der Waals surface area (Å²) in [6, 6.07) is 2.57. The van der Waals surface area contributed by atoms with Gasteiger partial charge < -0.3 is 15.8 Å². The molecule has 0 fully saturated rings. The van der Waals surface area contributed by atoms with Gasteiger partial charge in [0.2, 0.25) is 5.88 Å². The summed E-state index contributed by atoms with van der Waals surface area (Å²) in [6.07, 6.45) is -3.27. The van der Waals surface area contributed by atoms with Crippen LogP contribution in [-0.4, -0.2) is 35.8 Å². The molecule has 1 atom stereocenters. The van der Waals surface area contributed by atoms with E-state index in [1.807, 2.05) is 20.8 Å². The minimum absolute atomic E-state index is 0. The quantitative estimate of drug-likeness (QED) is 0.822. The van der Waals surface area contributed by atoms with E-state index in [0.29, 0.717) is 0 Å². The van der Waals surface area contributed by atoms with E-state index < -0.39 is 24.2 Å². The second kappa shape index (κ2) is 8.35. The molecule has 9 heteroatoms. The maximum atomic E-state index is 12.1. The van der Waals surface area contributed by atoms with Gasteiger partial charge in [0, 0.05) is 18.8 Å². The molecule has 5 nitrogen and oxygen atoms in total. The van der Waals surface area contributed by atoms with Crippen LogP contribution in [0, 0.1) is 5.92 Å². The molecule has 1 amide bonds. The molecule has 1 unspecified atom stereocenters. The van der Waals surface area contributed by atoms with Crippen molar-refractivity contribution in [1.29, 1.82) is 0 Å². The molecule has 0 bridgehead atoms. The molecule has 0 aliphatic heterocycles. The van der Waals surface area contributed by atoms with Crippen molar-refractivity contribution >= 4 is 18.3 Å². The number of pyridine rings is 1. The van der Waals surface area contributed by atoms with Crippen LogP contribution in [0.25, 0.3) is 0 Å². The molecule has 0 saturated carbocycles. The van der Waals surface area contributed by atoms with E-state index in [0.717, 1.165) is 6.20 Å². The molecule has 0 aliphatic rings. The van der Waals surface area contributed by atoms with Gasteiger partial charge in [-0.05, 0) is 18.9 Å². The fourth-order valence-electron chi connectivity index (χ4n) is 1.52. The third-order valence-electron chi connectivity index (χ3n) is 3.48. The summed E-state index contributed by atoms with van der Waals surface area (Å²) >= 11 is 0. The van der Waals surface area contributed by atoms with Crippen molar-refractivity contribution in [2.45, 2.75) is 32.5 Å². The first-order valence-electron chi connectivity index (χ1n) is 6.75. The molecule has 1 heterocycles. The molecule has 1 rings (SSSR count). The highest BCUT2D eigenvalue weighted by molar-refractivity contribution is 5.94. The Morgan fingerprint density at radius 2 is 2.00 bits per heavy atom. The molecule has 0 aromatic carbocycles. The summed E-state index contributed by atoms with van der Waals surface area (Å²) in [5.41, 5.74) is 5.32. The molecule has 1 aromatic rings. The van der Waals surface area contributed by atoms with Crippen molar-refractivity contribution in [2.24, 2.45) is 11.7 Å². The molecule has 0 radical (unpaired) electrons. The molecule has 0 spiro atoms. The molecular formula is C14H21ClF3N3O2. The monoisotopic (exact) mass is 355 g/mol. The van der Waals surface area contributed by atoms with E-state index in [-0.39, 0.29) is 36.3 Å². The third kappa shape index (κ3) is 6.62. The molecule has 1 aromatic heterocycles. The van der Waals surface area contributed by atoms with Gasteiger partial charge in [0.15, 0.2) is 6.61 Å². The third-order valence-corrected chi connectivity index (χ3v) is 3.48. The highest BCUT2D eigenvalue weighted by atomic mass is 35.5. The number of amides is 1. The second-order valence-electron chi connectivity index (χ2n) is 5.52. The Kier molecular flexibility index (Phi) is 7.79. The van der Waals surface area contributed by atoms with Crippen LogP contribution in [0.1, 0.15) is 31.1 Å². The normalized spacial score (nSPS) is 13.9. The Bertz CT molecular complexity index is 509. The number of halogens is 4. The number of carbonyl (C=O) groups excluding carboxylic acids is 1. The number of hydrogen-bond donors (Lipinski definition) is 2. The topological polar surface area (TPSA) is 77.2 Å². The zero-order valence-corrected chi connectivity index (χ0v) is 13.9. The van der Waals surface area contributed by atoms with Gasteiger partial charge in [-0.2, -0.15) is 13.2 Å². The van der Waals surface area contributed by atoms with Crippen molar-refractivity contribution in [1.82, 2.24) is 10.3 Å². The maximum absolute atomic E-state index is 12.1. The van der Waals surface area contributed by atoms with Gasteiger partial charge in [-0.15, -0.1) is 12.4 Å². The number of rotatable bonds is 6. The van der Waals surface area contributed by atoms with Crippen LogP contribution in [0.4, 0.5) is 13.2 Å². The van der Waals surface area contributed by atoms with E-state index >= 15 is 0 Å². The van der Waals surface area contributed by atoms with Gasteiger partial charge in [-0.25, -0.2) is 4.98 Å². The van der Waals surface area contributed by atoms with Crippen molar-refractivity contribution < 1.29 is 22.7 Å². The smallest absolute Gasteiger partial charge is 0.422 e. The van der Waals surface area contributed by atoms with Crippen molar-refractivity contribution in [3.05, 3.63) is 23.9 Å². The van der Waals surface area contributed by atoms with Crippen LogP contribution >= 0.6 is 12.4 Å².